The van der Waals surface area contributed by atoms with Crippen LogP contribution in [0.3, 0.4) is 0 Å². The lowest BCUT2D eigenvalue weighted by atomic mass is 10.1. The minimum absolute atomic E-state index is 0.523. The smallest absolute Gasteiger partial charge is 0.170 e. The molecule has 1 aromatic carbocycles. The third-order valence-electron chi connectivity index (χ3n) is 3.06. The molecule has 0 amide bonds. The van der Waals surface area contributed by atoms with Gasteiger partial charge in [-0.25, -0.2) is 0 Å². The zero-order valence-corrected chi connectivity index (χ0v) is 12.6. The molecular weight excluding hydrogens is 252 g/mol. The van der Waals surface area contributed by atoms with Crippen molar-refractivity contribution in [1.82, 2.24) is 10.5 Å². The highest BCUT2D eigenvalue weighted by atomic mass is 16.5. The number of ether oxygens (including phenoxy) is 1. The van der Waals surface area contributed by atoms with Crippen molar-refractivity contribution in [2.75, 3.05) is 13.7 Å². The van der Waals surface area contributed by atoms with Crippen LogP contribution < -0.4 is 10.1 Å². The minimum atomic E-state index is 0.523. The van der Waals surface area contributed by atoms with Gasteiger partial charge < -0.3 is 14.6 Å². The fourth-order valence-corrected chi connectivity index (χ4v) is 1.94. The van der Waals surface area contributed by atoms with Gasteiger partial charge in [-0.2, -0.15) is 0 Å². The normalized spacial score (nSPS) is 11.1. The summed E-state index contributed by atoms with van der Waals surface area (Å²) in [4.78, 5) is 0. The van der Waals surface area contributed by atoms with E-state index >= 15 is 0 Å². The Balaban J connectivity index is 2.13. The van der Waals surface area contributed by atoms with Crippen molar-refractivity contribution >= 4 is 0 Å². The zero-order chi connectivity index (χ0) is 14.5. The van der Waals surface area contributed by atoms with Gasteiger partial charge >= 0.3 is 0 Å². The fraction of sp³-hybridized carbons (Fsp3) is 0.438. The largest absolute Gasteiger partial charge is 0.493 e. The second kappa shape index (κ2) is 6.57. The monoisotopic (exact) mass is 274 g/mol. The van der Waals surface area contributed by atoms with E-state index in [4.69, 9.17) is 9.26 Å². The highest BCUT2D eigenvalue weighted by Crippen LogP contribution is 2.27. The van der Waals surface area contributed by atoms with Crippen molar-refractivity contribution in [2.45, 2.75) is 27.3 Å². The van der Waals surface area contributed by atoms with Gasteiger partial charge in [-0.1, -0.05) is 19.0 Å². The van der Waals surface area contributed by atoms with Gasteiger partial charge in [-0.05, 0) is 44.2 Å². The Morgan fingerprint density at radius 1 is 1.25 bits per heavy atom. The summed E-state index contributed by atoms with van der Waals surface area (Å²) >= 11 is 0. The third kappa shape index (κ3) is 3.39. The average molecular weight is 274 g/mol. The number of benzene rings is 1. The van der Waals surface area contributed by atoms with E-state index in [1.54, 1.807) is 0 Å². The molecule has 1 N–H and O–H groups in total. The summed E-state index contributed by atoms with van der Waals surface area (Å²) < 4.78 is 11.1. The summed E-state index contributed by atoms with van der Waals surface area (Å²) in [6.45, 7) is 7.74. The fourth-order valence-electron chi connectivity index (χ4n) is 1.94. The molecule has 0 aliphatic rings. The second-order valence-electron chi connectivity index (χ2n) is 5.34. The molecule has 0 fully saturated rings. The summed E-state index contributed by atoms with van der Waals surface area (Å²) in [5.74, 6) is 2.23. The Hall–Kier alpha value is -1.81. The van der Waals surface area contributed by atoms with Gasteiger partial charge in [0.05, 0.1) is 6.61 Å². The van der Waals surface area contributed by atoms with Crippen LogP contribution >= 0.6 is 0 Å². The van der Waals surface area contributed by atoms with Crippen molar-refractivity contribution in [3.8, 4) is 17.1 Å². The van der Waals surface area contributed by atoms with E-state index in [9.17, 15) is 0 Å². The van der Waals surface area contributed by atoms with E-state index in [1.807, 2.05) is 38.2 Å². The molecule has 0 bridgehead atoms. The van der Waals surface area contributed by atoms with Gasteiger partial charge in [0, 0.05) is 17.7 Å². The summed E-state index contributed by atoms with van der Waals surface area (Å²) in [7, 11) is 1.90. The molecule has 4 heteroatoms. The van der Waals surface area contributed by atoms with Crippen LogP contribution in [-0.4, -0.2) is 18.8 Å². The molecule has 2 aromatic rings. The van der Waals surface area contributed by atoms with Crippen molar-refractivity contribution in [2.24, 2.45) is 5.92 Å². The van der Waals surface area contributed by atoms with Crippen molar-refractivity contribution in [3.63, 3.8) is 0 Å². The molecule has 0 spiro atoms. The van der Waals surface area contributed by atoms with Gasteiger partial charge in [0.1, 0.15) is 11.4 Å². The molecule has 0 atom stereocenters. The number of aromatic nitrogens is 1. The molecule has 1 heterocycles. The lowest BCUT2D eigenvalue weighted by Gasteiger charge is -2.08. The molecule has 0 unspecified atom stereocenters. The van der Waals surface area contributed by atoms with Crippen LogP contribution in [0, 0.1) is 12.8 Å². The Morgan fingerprint density at radius 3 is 2.55 bits per heavy atom. The van der Waals surface area contributed by atoms with Gasteiger partial charge in [-0.3, -0.25) is 0 Å². The van der Waals surface area contributed by atoms with E-state index in [2.05, 4.69) is 24.3 Å². The van der Waals surface area contributed by atoms with Crippen LogP contribution in [0.2, 0.25) is 0 Å². The number of hydrogen-bond donors (Lipinski definition) is 1. The first-order valence-electron chi connectivity index (χ1n) is 6.94. The van der Waals surface area contributed by atoms with Gasteiger partial charge in [0.15, 0.2) is 5.76 Å². The zero-order valence-electron chi connectivity index (χ0n) is 12.6. The molecule has 0 aliphatic carbocycles. The van der Waals surface area contributed by atoms with Crippen LogP contribution in [0.5, 0.6) is 5.75 Å². The average Bonchev–Trinajstić information content (AvgIpc) is 2.79. The van der Waals surface area contributed by atoms with Gasteiger partial charge in [0.2, 0.25) is 0 Å². The first-order chi connectivity index (χ1) is 9.61. The predicted molar refractivity (Wildman–Crippen MR) is 79.8 cm³/mol. The second-order valence-corrected chi connectivity index (χ2v) is 5.34. The number of rotatable bonds is 6. The highest BCUT2D eigenvalue weighted by molar-refractivity contribution is 5.62. The van der Waals surface area contributed by atoms with E-state index < -0.39 is 0 Å². The first kappa shape index (κ1) is 14.6. The standard InChI is InChI=1S/C16H22N2O2/c1-11(2)10-19-14-7-5-13(6-8-14)16-12(3)15(9-17-4)18-20-16/h5-8,11,17H,9-10H2,1-4H3. The SMILES string of the molecule is CNCc1noc(-c2ccc(OCC(C)C)cc2)c1C. The van der Waals surface area contributed by atoms with Crippen LogP contribution in [0.25, 0.3) is 11.3 Å². The van der Waals surface area contributed by atoms with Gasteiger partial charge in [-0.15, -0.1) is 0 Å². The maximum atomic E-state index is 5.68. The predicted octanol–water partition coefficient (Wildman–Crippen LogP) is 3.40. The highest BCUT2D eigenvalue weighted by Gasteiger charge is 2.13. The number of nitrogens with zero attached hydrogens (tertiary/aromatic N) is 1. The molecule has 0 radical (unpaired) electrons. The van der Waals surface area contributed by atoms with Crippen LogP contribution in [0.4, 0.5) is 0 Å². The van der Waals surface area contributed by atoms with E-state index in [0.29, 0.717) is 12.5 Å². The maximum absolute atomic E-state index is 5.68. The summed E-state index contributed by atoms with van der Waals surface area (Å²) in [5.41, 5.74) is 3.05. The topological polar surface area (TPSA) is 47.3 Å². The maximum Gasteiger partial charge on any atom is 0.170 e. The first-order valence-corrected chi connectivity index (χ1v) is 6.94. The van der Waals surface area contributed by atoms with Crippen LogP contribution in [-0.2, 0) is 6.54 Å². The lowest BCUT2D eigenvalue weighted by molar-refractivity contribution is 0.271. The van der Waals surface area contributed by atoms with E-state index in [0.717, 1.165) is 34.9 Å². The molecule has 108 valence electrons. The van der Waals surface area contributed by atoms with Gasteiger partial charge in [0.25, 0.3) is 0 Å². The minimum Gasteiger partial charge on any atom is -0.493 e. The quantitative estimate of drug-likeness (QED) is 0.877. The summed E-state index contributed by atoms with van der Waals surface area (Å²) in [6, 6.07) is 7.95. The molecule has 4 nitrogen and oxygen atoms in total. The van der Waals surface area contributed by atoms with E-state index in [-0.39, 0.29) is 0 Å². The van der Waals surface area contributed by atoms with E-state index in [1.165, 1.54) is 0 Å². The number of nitrogens with one attached hydrogen (secondary N) is 1. The van der Waals surface area contributed by atoms with Crippen LogP contribution in [0.15, 0.2) is 28.8 Å². The number of hydrogen-bond acceptors (Lipinski definition) is 4. The molecule has 0 saturated carbocycles. The van der Waals surface area contributed by atoms with Crippen molar-refractivity contribution < 1.29 is 9.26 Å². The summed E-state index contributed by atoms with van der Waals surface area (Å²) in [6.07, 6.45) is 0. The molecule has 20 heavy (non-hydrogen) atoms. The summed E-state index contributed by atoms with van der Waals surface area (Å²) in [5, 5.41) is 7.18. The van der Waals surface area contributed by atoms with Crippen LogP contribution in [0.1, 0.15) is 25.1 Å². The van der Waals surface area contributed by atoms with Crippen molar-refractivity contribution in [3.05, 3.63) is 35.5 Å². The molecule has 2 rings (SSSR count). The Bertz CT molecular complexity index is 544. The molecule has 1 aromatic heterocycles. The third-order valence-corrected chi connectivity index (χ3v) is 3.06. The lowest BCUT2D eigenvalue weighted by Crippen LogP contribution is -2.06. The van der Waals surface area contributed by atoms with Crippen molar-refractivity contribution in [1.29, 1.82) is 0 Å². The Kier molecular flexibility index (Phi) is 4.79. The Morgan fingerprint density at radius 2 is 1.95 bits per heavy atom. The molecular formula is C16H22N2O2. The molecule has 0 saturated heterocycles. The Labute approximate surface area is 120 Å². The molecule has 0 aliphatic heterocycles.